The maximum absolute atomic E-state index is 11.9. The van der Waals surface area contributed by atoms with Gasteiger partial charge in [0.25, 0.3) is 0 Å². The number of nitrogens with zero attached hydrogens (tertiary/aromatic N) is 2. The number of hydrogen-bond acceptors (Lipinski definition) is 3. The monoisotopic (exact) mass is 418 g/mol. The number of rotatable bonds is 3. The summed E-state index contributed by atoms with van der Waals surface area (Å²) in [6, 6.07) is 25.8. The Morgan fingerprint density at radius 3 is 2.31 bits per heavy atom. The van der Waals surface area contributed by atoms with Crippen molar-refractivity contribution in [1.29, 1.82) is 0 Å². The van der Waals surface area contributed by atoms with Gasteiger partial charge < -0.3 is 4.42 Å². The minimum Gasteiger partial charge on any atom is -0.423 e. The quantitative estimate of drug-likeness (QED) is 0.405. The summed E-state index contributed by atoms with van der Waals surface area (Å²) in [5.41, 5.74) is 5.14. The van der Waals surface area contributed by atoms with E-state index in [-0.39, 0.29) is 5.63 Å². The average Bonchev–Trinajstić information content (AvgIpc) is 3.10. The number of aromatic nitrogens is 2. The summed E-state index contributed by atoms with van der Waals surface area (Å²) in [5, 5.41) is 2.50. The molecule has 4 nitrogen and oxygen atoms in total. The largest absolute Gasteiger partial charge is 0.423 e. The summed E-state index contributed by atoms with van der Waals surface area (Å²) in [6.07, 6.45) is 2.10. The van der Waals surface area contributed by atoms with Crippen molar-refractivity contribution in [1.82, 2.24) is 9.55 Å². The molecule has 0 radical (unpaired) electrons. The van der Waals surface area contributed by atoms with Crippen molar-refractivity contribution in [2.75, 3.05) is 0 Å². The van der Waals surface area contributed by atoms with Crippen molar-refractivity contribution < 1.29 is 4.42 Å². The molecule has 0 aliphatic rings. The highest BCUT2D eigenvalue weighted by atomic mass is 16.4. The Bertz CT molecular complexity index is 1610. The van der Waals surface area contributed by atoms with Gasteiger partial charge in [0.2, 0.25) is 0 Å². The van der Waals surface area contributed by atoms with Crippen LogP contribution in [0.25, 0.3) is 40.7 Å². The van der Waals surface area contributed by atoms with Gasteiger partial charge in [-0.05, 0) is 48.7 Å². The van der Waals surface area contributed by atoms with E-state index in [4.69, 9.17) is 9.40 Å². The van der Waals surface area contributed by atoms with E-state index < -0.39 is 0 Å². The summed E-state index contributed by atoms with van der Waals surface area (Å²) < 4.78 is 7.60. The van der Waals surface area contributed by atoms with Gasteiger partial charge >= 0.3 is 5.63 Å². The molecule has 3 aromatic carbocycles. The first kappa shape index (κ1) is 19.8. The second-order valence-corrected chi connectivity index (χ2v) is 7.91. The molecule has 2 aromatic heterocycles. The lowest BCUT2D eigenvalue weighted by molar-refractivity contribution is 0.559. The molecule has 0 saturated carbocycles. The lowest BCUT2D eigenvalue weighted by atomic mass is 10.1. The van der Waals surface area contributed by atoms with E-state index in [1.165, 1.54) is 6.07 Å². The molecular formula is C28H22N2O2. The third-order valence-corrected chi connectivity index (χ3v) is 5.63. The molecule has 0 fully saturated rings. The molecule has 0 amide bonds. The van der Waals surface area contributed by atoms with Crippen LogP contribution >= 0.6 is 0 Å². The number of aryl methyl sites for hydroxylation is 2. The van der Waals surface area contributed by atoms with Crippen LogP contribution in [-0.2, 0) is 0 Å². The van der Waals surface area contributed by atoms with Crippen LogP contribution in [0.5, 0.6) is 0 Å². The van der Waals surface area contributed by atoms with Crippen molar-refractivity contribution >= 4 is 23.6 Å². The van der Waals surface area contributed by atoms with Crippen LogP contribution in [0.15, 0.2) is 88.1 Å². The van der Waals surface area contributed by atoms with Gasteiger partial charge in [-0.2, -0.15) is 0 Å². The van der Waals surface area contributed by atoms with Crippen molar-refractivity contribution in [3.05, 3.63) is 117 Å². The Morgan fingerprint density at radius 1 is 0.906 bits per heavy atom. The van der Waals surface area contributed by atoms with Gasteiger partial charge in [-0.25, -0.2) is 9.78 Å². The van der Waals surface area contributed by atoms with E-state index in [0.717, 1.165) is 44.5 Å². The normalized spacial score (nSPS) is 11.9. The van der Waals surface area contributed by atoms with Crippen molar-refractivity contribution in [2.45, 2.75) is 13.8 Å². The molecule has 4 heteroatoms. The molecule has 5 aromatic rings. The lowest BCUT2D eigenvalue weighted by Gasteiger charge is -2.14. The van der Waals surface area contributed by atoms with E-state index in [1.807, 2.05) is 68.4 Å². The number of hydrogen-bond donors (Lipinski definition) is 0. The molecule has 0 atom stereocenters. The van der Waals surface area contributed by atoms with Crippen LogP contribution in [0.1, 0.15) is 16.7 Å². The first-order valence-corrected chi connectivity index (χ1v) is 10.5. The van der Waals surface area contributed by atoms with Crippen molar-refractivity contribution in [2.24, 2.45) is 0 Å². The van der Waals surface area contributed by atoms with E-state index in [2.05, 4.69) is 35.4 Å². The first-order valence-electron chi connectivity index (χ1n) is 10.5. The first-order chi connectivity index (χ1) is 15.5. The predicted molar refractivity (Wildman–Crippen MR) is 129 cm³/mol. The van der Waals surface area contributed by atoms with Crippen LogP contribution in [0.3, 0.4) is 0 Å². The second-order valence-electron chi connectivity index (χ2n) is 7.91. The Balaban J connectivity index is 1.89. The van der Waals surface area contributed by atoms with Gasteiger partial charge in [-0.1, -0.05) is 67.2 Å². The molecule has 0 N–H and O–H groups in total. The highest BCUT2D eigenvalue weighted by Crippen LogP contribution is 2.26. The Morgan fingerprint density at radius 2 is 1.59 bits per heavy atom. The van der Waals surface area contributed by atoms with Crippen molar-refractivity contribution in [3.63, 3.8) is 0 Å². The van der Waals surface area contributed by atoms with E-state index in [0.29, 0.717) is 10.9 Å². The third-order valence-electron chi connectivity index (χ3n) is 5.63. The van der Waals surface area contributed by atoms with Crippen molar-refractivity contribution in [3.8, 4) is 17.1 Å². The van der Waals surface area contributed by atoms with E-state index >= 15 is 0 Å². The summed E-state index contributed by atoms with van der Waals surface area (Å²) in [6.45, 7) is 8.19. The third kappa shape index (κ3) is 3.46. The van der Waals surface area contributed by atoms with Crippen LogP contribution in [-0.4, -0.2) is 9.55 Å². The number of fused-ring (bicyclic) bond motifs is 1. The maximum atomic E-state index is 11.9. The second kappa shape index (κ2) is 7.82. The molecule has 0 aliphatic carbocycles. The fraction of sp³-hybridized carbons (Fsp3) is 0.0714. The van der Waals surface area contributed by atoms with Gasteiger partial charge in [-0.3, -0.25) is 4.57 Å². The van der Waals surface area contributed by atoms with Gasteiger partial charge in [-0.15, -0.1) is 0 Å². The molecule has 0 bridgehead atoms. The van der Waals surface area contributed by atoms with Gasteiger partial charge in [0.05, 0.1) is 16.4 Å². The Labute approximate surface area is 185 Å². The summed E-state index contributed by atoms with van der Waals surface area (Å²) >= 11 is 0. The van der Waals surface area contributed by atoms with Gasteiger partial charge in [0.1, 0.15) is 11.4 Å². The van der Waals surface area contributed by atoms with Gasteiger partial charge in [0, 0.05) is 17.0 Å². The zero-order valence-electron chi connectivity index (χ0n) is 18.0. The maximum Gasteiger partial charge on any atom is 0.336 e. The standard InChI is InChI=1S/C28H22N2O2/c1-18-15-27(31)32-26-14-19(2)24(17-23(18)26)30-25(16-21-10-6-4-7-11-21)20(3)29-28(30)22-12-8-5-9-13-22/h4-17H,3H2,1-2H3/b25-16+. The Hall–Kier alpha value is -4.18. The molecule has 0 spiro atoms. The molecule has 0 aliphatic heterocycles. The fourth-order valence-corrected chi connectivity index (χ4v) is 4.05. The fourth-order valence-electron chi connectivity index (χ4n) is 4.05. The summed E-state index contributed by atoms with van der Waals surface area (Å²) in [7, 11) is 0. The molecule has 5 rings (SSSR count). The minimum absolute atomic E-state index is 0.340. The Kier molecular flexibility index (Phi) is 4.83. The highest BCUT2D eigenvalue weighted by Gasteiger charge is 2.15. The lowest BCUT2D eigenvalue weighted by Crippen LogP contribution is -2.28. The van der Waals surface area contributed by atoms with E-state index in [1.54, 1.807) is 0 Å². The van der Waals surface area contributed by atoms with Crippen LogP contribution < -0.4 is 16.3 Å². The summed E-state index contributed by atoms with van der Waals surface area (Å²) in [5.74, 6) is 0.815. The highest BCUT2D eigenvalue weighted by molar-refractivity contribution is 5.84. The smallest absolute Gasteiger partial charge is 0.336 e. The molecule has 32 heavy (non-hydrogen) atoms. The minimum atomic E-state index is -0.340. The zero-order chi connectivity index (χ0) is 22.2. The van der Waals surface area contributed by atoms with Crippen LogP contribution in [0, 0.1) is 13.8 Å². The summed E-state index contributed by atoms with van der Waals surface area (Å²) in [4.78, 5) is 16.7. The topological polar surface area (TPSA) is 48.0 Å². The molecule has 0 unspecified atom stereocenters. The number of benzene rings is 3. The molecule has 0 saturated heterocycles. The van der Waals surface area contributed by atoms with Crippen LogP contribution in [0.4, 0.5) is 0 Å². The number of imidazole rings is 1. The van der Waals surface area contributed by atoms with Gasteiger partial charge in [0.15, 0.2) is 0 Å². The SMILES string of the molecule is C=c1nc(-c2ccccc2)n(-c2cc3c(C)cc(=O)oc3cc2C)/c1=C/c1ccccc1. The molecule has 2 heterocycles. The molecular weight excluding hydrogens is 396 g/mol. The van der Waals surface area contributed by atoms with E-state index in [9.17, 15) is 4.79 Å². The average molecular weight is 418 g/mol. The zero-order valence-corrected chi connectivity index (χ0v) is 18.0. The van der Waals surface area contributed by atoms with Crippen LogP contribution in [0.2, 0.25) is 0 Å². The molecule has 156 valence electrons. The predicted octanol–water partition coefficient (Wildman–Crippen LogP) is 4.50.